The SMILES string of the molecule is CCC1C(C=O)C(N)C(N2CCN(C)CC2)N1CC. The van der Waals surface area contributed by atoms with Crippen LogP contribution in [0.5, 0.6) is 0 Å². The molecule has 2 saturated heterocycles. The summed E-state index contributed by atoms with van der Waals surface area (Å²) in [5, 5.41) is 0. The van der Waals surface area contributed by atoms with E-state index in [1.54, 1.807) is 0 Å². The van der Waals surface area contributed by atoms with Crippen LogP contribution in [0.2, 0.25) is 0 Å². The van der Waals surface area contributed by atoms with Crippen LogP contribution in [-0.4, -0.2) is 79.0 Å². The van der Waals surface area contributed by atoms with Gasteiger partial charge in [0.15, 0.2) is 0 Å². The Kier molecular flexibility index (Phi) is 4.95. The van der Waals surface area contributed by atoms with Crippen molar-refractivity contribution in [1.29, 1.82) is 0 Å². The lowest BCUT2D eigenvalue weighted by Gasteiger charge is -2.42. The smallest absolute Gasteiger partial charge is 0.126 e. The molecule has 4 unspecified atom stereocenters. The van der Waals surface area contributed by atoms with E-state index in [9.17, 15) is 4.79 Å². The number of hydrogen-bond donors (Lipinski definition) is 1. The lowest BCUT2D eigenvalue weighted by molar-refractivity contribution is -0.112. The molecule has 2 aliphatic rings. The van der Waals surface area contributed by atoms with Crippen LogP contribution < -0.4 is 5.73 Å². The Balaban J connectivity index is 2.15. The number of aldehydes is 1. The quantitative estimate of drug-likeness (QED) is 0.717. The van der Waals surface area contributed by atoms with Crippen molar-refractivity contribution < 1.29 is 4.79 Å². The lowest BCUT2D eigenvalue weighted by Crippen LogP contribution is -2.58. The number of carbonyl (C=O) groups excluding carboxylic acids is 1. The molecule has 0 radical (unpaired) electrons. The Morgan fingerprint density at radius 2 is 1.84 bits per heavy atom. The number of likely N-dealkylation sites (tertiary alicyclic amines) is 1. The predicted octanol–water partition coefficient (Wildman–Crippen LogP) is -0.184. The number of nitrogens with two attached hydrogens (primary N) is 1. The number of rotatable bonds is 4. The topological polar surface area (TPSA) is 52.8 Å². The molecule has 2 N–H and O–H groups in total. The van der Waals surface area contributed by atoms with Gasteiger partial charge in [-0.25, -0.2) is 0 Å². The highest BCUT2D eigenvalue weighted by molar-refractivity contribution is 5.57. The summed E-state index contributed by atoms with van der Waals surface area (Å²) in [6.45, 7) is 9.56. The van der Waals surface area contributed by atoms with Gasteiger partial charge in [-0.2, -0.15) is 0 Å². The highest BCUT2D eigenvalue weighted by Crippen LogP contribution is 2.32. The molecule has 19 heavy (non-hydrogen) atoms. The first-order valence-corrected chi connectivity index (χ1v) is 7.53. The van der Waals surface area contributed by atoms with E-state index in [-0.39, 0.29) is 18.1 Å². The van der Waals surface area contributed by atoms with Gasteiger partial charge in [-0.05, 0) is 20.0 Å². The molecule has 5 nitrogen and oxygen atoms in total. The first-order valence-electron chi connectivity index (χ1n) is 7.53. The maximum absolute atomic E-state index is 11.4. The average Bonchev–Trinajstić information content (AvgIpc) is 2.71. The largest absolute Gasteiger partial charge is 0.325 e. The normalized spacial score (nSPS) is 38.7. The first-order chi connectivity index (χ1) is 9.13. The van der Waals surface area contributed by atoms with Gasteiger partial charge < -0.3 is 15.4 Å². The highest BCUT2D eigenvalue weighted by atomic mass is 16.1. The van der Waals surface area contributed by atoms with Gasteiger partial charge in [0.2, 0.25) is 0 Å². The molecule has 0 bridgehead atoms. The zero-order valence-electron chi connectivity index (χ0n) is 12.5. The molecular formula is C14H28N4O. The van der Waals surface area contributed by atoms with E-state index in [1.807, 2.05) is 0 Å². The van der Waals surface area contributed by atoms with Crippen LogP contribution >= 0.6 is 0 Å². The summed E-state index contributed by atoms with van der Waals surface area (Å²) in [5.74, 6) is -0.0189. The Morgan fingerprint density at radius 1 is 1.21 bits per heavy atom. The molecule has 4 atom stereocenters. The number of nitrogens with zero attached hydrogens (tertiary/aromatic N) is 3. The Labute approximate surface area is 116 Å². The summed E-state index contributed by atoms with van der Waals surface area (Å²) in [5.41, 5.74) is 6.40. The molecule has 0 aliphatic carbocycles. The van der Waals surface area contributed by atoms with E-state index in [1.165, 1.54) is 0 Å². The van der Waals surface area contributed by atoms with Crippen LogP contribution in [0.25, 0.3) is 0 Å². The molecule has 0 amide bonds. The second-order valence-electron chi connectivity index (χ2n) is 5.85. The van der Waals surface area contributed by atoms with Crippen molar-refractivity contribution in [1.82, 2.24) is 14.7 Å². The summed E-state index contributed by atoms with van der Waals surface area (Å²) in [6, 6.07) is 0.257. The number of carbonyl (C=O) groups is 1. The zero-order chi connectivity index (χ0) is 14.0. The molecule has 110 valence electrons. The molecule has 0 spiro atoms. The van der Waals surface area contributed by atoms with Crippen molar-refractivity contribution in [2.75, 3.05) is 39.8 Å². The van der Waals surface area contributed by atoms with E-state index >= 15 is 0 Å². The van der Waals surface area contributed by atoms with Crippen molar-refractivity contribution in [2.45, 2.75) is 38.5 Å². The lowest BCUT2D eigenvalue weighted by atomic mass is 9.95. The van der Waals surface area contributed by atoms with Crippen LogP contribution in [0.1, 0.15) is 20.3 Å². The van der Waals surface area contributed by atoms with Gasteiger partial charge in [0.1, 0.15) is 6.29 Å². The molecule has 0 aromatic carbocycles. The second-order valence-corrected chi connectivity index (χ2v) is 5.85. The Hall–Kier alpha value is -0.490. The van der Waals surface area contributed by atoms with Gasteiger partial charge >= 0.3 is 0 Å². The number of piperazine rings is 1. The van der Waals surface area contributed by atoms with Crippen LogP contribution in [-0.2, 0) is 4.79 Å². The molecule has 2 rings (SSSR count). The summed E-state index contributed by atoms with van der Waals surface area (Å²) in [7, 11) is 2.16. The van der Waals surface area contributed by atoms with Gasteiger partial charge in [0.25, 0.3) is 0 Å². The second kappa shape index (κ2) is 6.31. The van der Waals surface area contributed by atoms with Gasteiger partial charge in [0.05, 0.1) is 6.17 Å². The standard InChI is InChI=1S/C14H28N4O/c1-4-12-11(10-19)13(15)14(18(12)5-2)17-8-6-16(3)7-9-17/h10-14H,4-9,15H2,1-3H3. The van der Waals surface area contributed by atoms with Crippen molar-refractivity contribution in [3.63, 3.8) is 0 Å². The third-order valence-corrected chi connectivity index (χ3v) is 4.85. The van der Waals surface area contributed by atoms with Crippen molar-refractivity contribution >= 4 is 6.29 Å². The molecule has 0 saturated carbocycles. The molecule has 2 aliphatic heterocycles. The zero-order valence-corrected chi connectivity index (χ0v) is 12.5. The van der Waals surface area contributed by atoms with Gasteiger partial charge in [0, 0.05) is 44.2 Å². The monoisotopic (exact) mass is 268 g/mol. The van der Waals surface area contributed by atoms with Crippen molar-refractivity contribution in [3.05, 3.63) is 0 Å². The minimum Gasteiger partial charge on any atom is -0.325 e. The Morgan fingerprint density at radius 3 is 2.32 bits per heavy atom. The van der Waals surface area contributed by atoms with E-state index in [4.69, 9.17) is 5.73 Å². The fourth-order valence-corrected chi connectivity index (χ4v) is 3.74. The fourth-order valence-electron chi connectivity index (χ4n) is 3.74. The molecule has 0 aromatic heterocycles. The summed E-state index contributed by atoms with van der Waals surface area (Å²) in [4.78, 5) is 18.7. The van der Waals surface area contributed by atoms with Crippen molar-refractivity contribution in [3.8, 4) is 0 Å². The van der Waals surface area contributed by atoms with Crippen LogP contribution in [0.4, 0.5) is 0 Å². The molecular weight excluding hydrogens is 240 g/mol. The molecule has 2 fully saturated rings. The summed E-state index contributed by atoms with van der Waals surface area (Å²) in [6.07, 6.45) is 2.31. The third-order valence-electron chi connectivity index (χ3n) is 4.85. The van der Waals surface area contributed by atoms with E-state index in [0.29, 0.717) is 6.04 Å². The van der Waals surface area contributed by atoms with Crippen LogP contribution in [0.3, 0.4) is 0 Å². The van der Waals surface area contributed by atoms with Gasteiger partial charge in [-0.1, -0.05) is 13.8 Å². The van der Waals surface area contributed by atoms with E-state index in [2.05, 4.69) is 35.6 Å². The van der Waals surface area contributed by atoms with Crippen molar-refractivity contribution in [2.24, 2.45) is 11.7 Å². The van der Waals surface area contributed by atoms with E-state index < -0.39 is 0 Å². The molecule has 2 heterocycles. The number of likely N-dealkylation sites (N-methyl/N-ethyl adjacent to an activating group) is 2. The minimum absolute atomic E-state index is 0.0189. The summed E-state index contributed by atoms with van der Waals surface area (Å²) < 4.78 is 0. The van der Waals surface area contributed by atoms with Gasteiger partial charge in [-0.15, -0.1) is 0 Å². The van der Waals surface area contributed by atoms with Gasteiger partial charge in [-0.3, -0.25) is 9.80 Å². The Bertz CT molecular complexity index is 304. The minimum atomic E-state index is -0.0502. The fraction of sp³-hybridized carbons (Fsp3) is 0.929. The number of hydrogen-bond acceptors (Lipinski definition) is 5. The molecule has 5 heteroatoms. The molecule has 0 aromatic rings. The first kappa shape index (κ1) is 14.9. The van der Waals surface area contributed by atoms with Crippen LogP contribution in [0, 0.1) is 5.92 Å². The summed E-state index contributed by atoms with van der Waals surface area (Å²) >= 11 is 0. The highest BCUT2D eigenvalue weighted by Gasteiger charge is 2.48. The van der Waals surface area contributed by atoms with E-state index in [0.717, 1.165) is 45.4 Å². The van der Waals surface area contributed by atoms with Crippen LogP contribution in [0.15, 0.2) is 0 Å². The average molecular weight is 268 g/mol. The predicted molar refractivity (Wildman–Crippen MR) is 76.8 cm³/mol. The third kappa shape index (κ3) is 2.70. The maximum atomic E-state index is 11.4. The maximum Gasteiger partial charge on any atom is 0.126 e.